The van der Waals surface area contributed by atoms with Gasteiger partial charge in [0.25, 0.3) is 11.6 Å². The molecule has 7 nitrogen and oxygen atoms in total. The molecule has 0 saturated carbocycles. The number of nitrogens with one attached hydrogen (secondary N) is 1. The molecular formula is C13H11ClN4O3. The maximum absolute atomic E-state index is 12.1. The van der Waals surface area contributed by atoms with E-state index in [1.54, 1.807) is 19.1 Å². The van der Waals surface area contributed by atoms with E-state index >= 15 is 0 Å². The molecule has 0 fully saturated rings. The zero-order chi connectivity index (χ0) is 15.6. The lowest BCUT2D eigenvalue weighted by molar-refractivity contribution is -0.385. The molecule has 0 bridgehead atoms. The van der Waals surface area contributed by atoms with Gasteiger partial charge >= 0.3 is 0 Å². The highest BCUT2D eigenvalue weighted by molar-refractivity contribution is 6.30. The number of anilines is 2. The van der Waals surface area contributed by atoms with Crippen LogP contribution in [0, 0.1) is 17.0 Å². The van der Waals surface area contributed by atoms with Gasteiger partial charge in [0, 0.05) is 22.9 Å². The van der Waals surface area contributed by atoms with E-state index < -0.39 is 10.8 Å². The van der Waals surface area contributed by atoms with Crippen LogP contribution in [0.5, 0.6) is 0 Å². The van der Waals surface area contributed by atoms with E-state index in [2.05, 4.69) is 10.3 Å². The number of nitrogens with zero attached hydrogens (tertiary/aromatic N) is 2. The van der Waals surface area contributed by atoms with Crippen molar-refractivity contribution >= 4 is 34.7 Å². The first-order chi connectivity index (χ1) is 9.86. The summed E-state index contributed by atoms with van der Waals surface area (Å²) in [5, 5.41) is 13.5. The number of amides is 1. The highest BCUT2D eigenvalue weighted by atomic mass is 35.5. The number of nitrogens with two attached hydrogens (primary N) is 1. The number of nitro benzene ring substituents is 1. The Morgan fingerprint density at radius 3 is 2.71 bits per heavy atom. The van der Waals surface area contributed by atoms with E-state index in [-0.39, 0.29) is 22.2 Å². The van der Waals surface area contributed by atoms with Gasteiger partial charge in [-0.15, -0.1) is 0 Å². The topological polar surface area (TPSA) is 111 Å². The summed E-state index contributed by atoms with van der Waals surface area (Å²) in [6.07, 6.45) is 0. The molecule has 1 aromatic carbocycles. The van der Waals surface area contributed by atoms with Crippen LogP contribution in [0.25, 0.3) is 0 Å². The molecule has 0 aliphatic heterocycles. The van der Waals surface area contributed by atoms with Crippen LogP contribution in [0.15, 0.2) is 30.3 Å². The number of pyridine rings is 1. The Balaban J connectivity index is 2.27. The molecule has 0 aliphatic rings. The first kappa shape index (κ1) is 14.7. The van der Waals surface area contributed by atoms with Gasteiger partial charge in [-0.1, -0.05) is 17.7 Å². The molecular weight excluding hydrogens is 296 g/mol. The molecule has 0 atom stereocenters. The van der Waals surface area contributed by atoms with Crippen molar-refractivity contribution in [2.45, 2.75) is 6.92 Å². The minimum Gasteiger partial charge on any atom is -0.384 e. The molecule has 108 valence electrons. The van der Waals surface area contributed by atoms with Gasteiger partial charge in [0.1, 0.15) is 11.0 Å². The van der Waals surface area contributed by atoms with Gasteiger partial charge < -0.3 is 11.1 Å². The molecule has 8 heteroatoms. The van der Waals surface area contributed by atoms with Crippen molar-refractivity contribution in [2.24, 2.45) is 0 Å². The maximum Gasteiger partial charge on any atom is 0.274 e. The minimum atomic E-state index is -0.508. The first-order valence-electron chi connectivity index (χ1n) is 5.86. The van der Waals surface area contributed by atoms with Crippen LogP contribution in [0.4, 0.5) is 17.2 Å². The number of rotatable bonds is 3. The van der Waals surface area contributed by atoms with E-state index in [0.29, 0.717) is 11.3 Å². The predicted molar refractivity (Wildman–Crippen MR) is 79.4 cm³/mol. The number of benzene rings is 1. The highest BCUT2D eigenvalue weighted by Gasteiger charge is 2.14. The largest absolute Gasteiger partial charge is 0.384 e. The maximum atomic E-state index is 12.1. The number of nitro groups is 1. The van der Waals surface area contributed by atoms with Crippen molar-refractivity contribution < 1.29 is 9.72 Å². The average Bonchev–Trinajstić information content (AvgIpc) is 2.39. The number of nitrogen functional groups attached to an aromatic ring is 1. The number of hydrogen-bond acceptors (Lipinski definition) is 5. The molecule has 2 aromatic rings. The summed E-state index contributed by atoms with van der Waals surface area (Å²) in [4.78, 5) is 26.2. The molecule has 0 spiro atoms. The Morgan fingerprint density at radius 2 is 2.10 bits per heavy atom. The molecule has 1 heterocycles. The third-order valence-corrected chi connectivity index (χ3v) is 2.93. The zero-order valence-electron chi connectivity index (χ0n) is 11.0. The van der Waals surface area contributed by atoms with Gasteiger partial charge in [-0.3, -0.25) is 14.9 Å². The summed E-state index contributed by atoms with van der Waals surface area (Å²) >= 11 is 5.72. The number of hydrogen-bond donors (Lipinski definition) is 2. The second kappa shape index (κ2) is 5.76. The fourth-order valence-electron chi connectivity index (χ4n) is 1.74. The lowest BCUT2D eigenvalue weighted by Crippen LogP contribution is -2.13. The second-order valence-electron chi connectivity index (χ2n) is 4.32. The molecule has 0 radical (unpaired) electrons. The van der Waals surface area contributed by atoms with Gasteiger partial charge in [-0.25, -0.2) is 4.98 Å². The smallest absolute Gasteiger partial charge is 0.274 e. The molecule has 1 aromatic heterocycles. The Kier molecular flexibility index (Phi) is 4.04. The average molecular weight is 307 g/mol. The lowest BCUT2D eigenvalue weighted by Gasteiger charge is -2.07. The first-order valence-corrected chi connectivity index (χ1v) is 6.24. The van der Waals surface area contributed by atoms with Crippen LogP contribution in [0.2, 0.25) is 5.15 Å². The summed E-state index contributed by atoms with van der Waals surface area (Å²) in [5.41, 5.74) is 6.48. The zero-order valence-corrected chi connectivity index (χ0v) is 11.7. The second-order valence-corrected chi connectivity index (χ2v) is 4.70. The lowest BCUT2D eigenvalue weighted by atomic mass is 10.1. The summed E-state index contributed by atoms with van der Waals surface area (Å²) < 4.78 is 0. The van der Waals surface area contributed by atoms with E-state index in [0.717, 1.165) is 0 Å². The van der Waals surface area contributed by atoms with Crippen molar-refractivity contribution in [3.05, 3.63) is 56.7 Å². The van der Waals surface area contributed by atoms with Crippen molar-refractivity contribution in [3.8, 4) is 0 Å². The normalized spacial score (nSPS) is 10.2. The Labute approximate surface area is 124 Å². The van der Waals surface area contributed by atoms with Crippen LogP contribution >= 0.6 is 11.6 Å². The molecule has 0 aliphatic carbocycles. The van der Waals surface area contributed by atoms with Gasteiger partial charge in [0.05, 0.1) is 4.92 Å². The fourth-order valence-corrected chi connectivity index (χ4v) is 1.95. The standard InChI is InChI=1S/C13H11ClN4O3/c1-7-2-3-9(6-10(7)18(20)21)16-13(19)8-4-11(14)17-12(15)5-8/h2-6H,1H3,(H2,15,17)(H,16,19). The SMILES string of the molecule is Cc1ccc(NC(=O)c2cc(N)nc(Cl)c2)cc1[N+](=O)[O-]. The Morgan fingerprint density at radius 1 is 1.38 bits per heavy atom. The fraction of sp³-hybridized carbons (Fsp3) is 0.0769. The molecule has 3 N–H and O–H groups in total. The summed E-state index contributed by atoms with van der Waals surface area (Å²) in [6, 6.07) is 7.15. The van der Waals surface area contributed by atoms with Crippen molar-refractivity contribution in [3.63, 3.8) is 0 Å². The van der Waals surface area contributed by atoms with E-state index in [9.17, 15) is 14.9 Å². The van der Waals surface area contributed by atoms with Gasteiger partial charge in [0.15, 0.2) is 0 Å². The van der Waals surface area contributed by atoms with E-state index in [1.165, 1.54) is 18.2 Å². The van der Waals surface area contributed by atoms with Crippen LogP contribution < -0.4 is 11.1 Å². The minimum absolute atomic E-state index is 0.0694. The quantitative estimate of drug-likeness (QED) is 0.514. The number of halogens is 1. The van der Waals surface area contributed by atoms with Crippen molar-refractivity contribution in [2.75, 3.05) is 11.1 Å². The molecule has 0 unspecified atom stereocenters. The highest BCUT2D eigenvalue weighted by Crippen LogP contribution is 2.23. The van der Waals surface area contributed by atoms with E-state index in [4.69, 9.17) is 17.3 Å². The van der Waals surface area contributed by atoms with Crippen molar-refractivity contribution in [1.29, 1.82) is 0 Å². The van der Waals surface area contributed by atoms with Crippen LogP contribution in [0.3, 0.4) is 0 Å². The van der Waals surface area contributed by atoms with Crippen LogP contribution in [-0.2, 0) is 0 Å². The molecule has 2 rings (SSSR count). The van der Waals surface area contributed by atoms with Crippen LogP contribution in [-0.4, -0.2) is 15.8 Å². The predicted octanol–water partition coefficient (Wildman–Crippen LogP) is 2.79. The van der Waals surface area contributed by atoms with E-state index in [1.807, 2.05) is 0 Å². The summed E-state index contributed by atoms with van der Waals surface area (Å²) in [7, 11) is 0. The monoisotopic (exact) mass is 306 g/mol. The molecule has 21 heavy (non-hydrogen) atoms. The molecule has 0 saturated heterocycles. The Bertz CT molecular complexity index is 713. The summed E-state index contributed by atoms with van der Waals surface area (Å²) in [5.74, 6) is -0.369. The van der Waals surface area contributed by atoms with Crippen LogP contribution in [0.1, 0.15) is 15.9 Å². The number of carbonyl (C=O) groups is 1. The number of aromatic nitrogens is 1. The number of carbonyl (C=O) groups excluding carboxylic acids is 1. The van der Waals surface area contributed by atoms with Crippen molar-refractivity contribution in [1.82, 2.24) is 4.98 Å². The molecule has 1 amide bonds. The summed E-state index contributed by atoms with van der Waals surface area (Å²) in [6.45, 7) is 1.62. The van der Waals surface area contributed by atoms with Gasteiger partial charge in [-0.2, -0.15) is 0 Å². The Hall–Kier alpha value is -2.67. The third kappa shape index (κ3) is 3.46. The van der Waals surface area contributed by atoms with Gasteiger partial charge in [0.2, 0.25) is 0 Å². The third-order valence-electron chi connectivity index (χ3n) is 2.74. The number of aryl methyl sites for hydroxylation is 1. The van der Waals surface area contributed by atoms with Gasteiger partial charge in [-0.05, 0) is 25.1 Å².